The van der Waals surface area contributed by atoms with E-state index in [0.717, 1.165) is 32.2 Å². The number of carbonyl (C=O) groups is 2. The van der Waals surface area contributed by atoms with Crippen LogP contribution < -0.4 is 5.32 Å². The highest BCUT2D eigenvalue weighted by atomic mass is 35.5. The molecule has 1 aromatic rings. The highest BCUT2D eigenvalue weighted by Crippen LogP contribution is 2.56. The van der Waals surface area contributed by atoms with Crippen LogP contribution in [0.3, 0.4) is 0 Å². The van der Waals surface area contributed by atoms with Crippen LogP contribution in [-0.2, 0) is 9.53 Å². The first kappa shape index (κ1) is 16.6. The number of likely N-dealkylation sites (tertiary alicyclic amines) is 1. The van der Waals surface area contributed by atoms with Crippen molar-refractivity contribution in [1.82, 2.24) is 10.2 Å². The molecule has 0 aromatic carbocycles. The Hall–Kier alpha value is -1.53. The molecule has 2 bridgehead atoms. The van der Waals surface area contributed by atoms with Gasteiger partial charge in [-0.3, -0.25) is 9.59 Å². The number of nitrogens with zero attached hydrogens (tertiary/aromatic N) is 1. The number of hydrogen-bond acceptors (Lipinski definition) is 4. The lowest BCUT2D eigenvalue weighted by molar-refractivity contribution is -0.136. The summed E-state index contributed by atoms with van der Waals surface area (Å²) in [4.78, 5) is 27.0. The lowest BCUT2D eigenvalue weighted by Gasteiger charge is -2.29. The fourth-order valence-corrected chi connectivity index (χ4v) is 5.28. The van der Waals surface area contributed by atoms with Crippen molar-refractivity contribution in [3.8, 4) is 0 Å². The first-order valence-corrected chi connectivity index (χ1v) is 9.79. The van der Waals surface area contributed by atoms with Gasteiger partial charge in [0.2, 0.25) is 5.91 Å². The molecule has 7 heteroatoms. The number of carbonyl (C=O) groups excluding carboxylic acids is 2. The monoisotopic (exact) mass is 378 g/mol. The van der Waals surface area contributed by atoms with Crippen LogP contribution in [0.2, 0.25) is 5.22 Å². The van der Waals surface area contributed by atoms with E-state index in [0.29, 0.717) is 19.0 Å². The number of fused-ring (bicyclic) bond motifs is 1. The molecule has 2 amide bonds. The molecule has 3 saturated heterocycles. The van der Waals surface area contributed by atoms with E-state index in [2.05, 4.69) is 12.2 Å². The highest BCUT2D eigenvalue weighted by molar-refractivity contribution is 6.29. The van der Waals surface area contributed by atoms with Crippen LogP contribution >= 0.6 is 11.6 Å². The summed E-state index contributed by atoms with van der Waals surface area (Å²) in [6.07, 6.45) is 4.18. The van der Waals surface area contributed by atoms with Crippen molar-refractivity contribution in [3.63, 3.8) is 0 Å². The number of halogens is 1. The Balaban J connectivity index is 1.27. The van der Waals surface area contributed by atoms with Crippen molar-refractivity contribution in [2.45, 2.75) is 44.3 Å². The number of furan rings is 1. The molecule has 1 saturated carbocycles. The summed E-state index contributed by atoms with van der Waals surface area (Å²) in [6.45, 7) is 4.05. The van der Waals surface area contributed by atoms with Crippen molar-refractivity contribution in [2.24, 2.45) is 17.3 Å². The molecule has 4 heterocycles. The molecule has 4 fully saturated rings. The molecule has 1 aliphatic carbocycles. The molecule has 6 nitrogen and oxygen atoms in total. The molecule has 1 aromatic heterocycles. The lowest BCUT2D eigenvalue weighted by Crippen LogP contribution is -2.41. The van der Waals surface area contributed by atoms with E-state index in [1.807, 2.05) is 4.90 Å². The Labute approximate surface area is 157 Å². The van der Waals surface area contributed by atoms with E-state index in [1.54, 1.807) is 12.1 Å². The molecule has 4 atom stereocenters. The van der Waals surface area contributed by atoms with Crippen molar-refractivity contribution in [2.75, 3.05) is 19.6 Å². The van der Waals surface area contributed by atoms with E-state index in [4.69, 9.17) is 20.8 Å². The predicted octanol–water partition coefficient (Wildman–Crippen LogP) is 2.47. The molecule has 3 aliphatic heterocycles. The summed E-state index contributed by atoms with van der Waals surface area (Å²) in [7, 11) is 0. The minimum atomic E-state index is -0.259. The van der Waals surface area contributed by atoms with Gasteiger partial charge in [0.15, 0.2) is 11.0 Å². The van der Waals surface area contributed by atoms with E-state index < -0.39 is 0 Å². The molecule has 1 spiro atoms. The zero-order valence-electron chi connectivity index (χ0n) is 14.8. The van der Waals surface area contributed by atoms with Crippen molar-refractivity contribution < 1.29 is 18.7 Å². The van der Waals surface area contributed by atoms with Crippen LogP contribution in [0, 0.1) is 17.3 Å². The molecule has 0 radical (unpaired) electrons. The third kappa shape index (κ3) is 2.42. The zero-order chi connectivity index (χ0) is 18.1. The van der Waals surface area contributed by atoms with Crippen LogP contribution in [0.1, 0.15) is 43.2 Å². The number of hydrogen-bond donors (Lipinski definition) is 1. The van der Waals surface area contributed by atoms with Crippen LogP contribution in [-0.4, -0.2) is 48.1 Å². The number of amides is 2. The maximum atomic E-state index is 12.8. The Bertz CT molecular complexity index is 773. The van der Waals surface area contributed by atoms with Crippen molar-refractivity contribution in [1.29, 1.82) is 0 Å². The Kier molecular flexibility index (Phi) is 3.51. The first-order chi connectivity index (χ1) is 12.4. The van der Waals surface area contributed by atoms with E-state index in [9.17, 15) is 9.59 Å². The second-order valence-electron chi connectivity index (χ2n) is 8.59. The van der Waals surface area contributed by atoms with Gasteiger partial charge in [-0.05, 0) is 49.4 Å². The van der Waals surface area contributed by atoms with Crippen LogP contribution in [0.25, 0.3) is 0 Å². The van der Waals surface area contributed by atoms with Gasteiger partial charge in [0.05, 0.1) is 18.2 Å². The lowest BCUT2D eigenvalue weighted by atomic mass is 9.73. The average molecular weight is 379 g/mol. The Morgan fingerprint density at radius 3 is 2.85 bits per heavy atom. The summed E-state index contributed by atoms with van der Waals surface area (Å²) >= 11 is 5.74. The molecule has 26 heavy (non-hydrogen) atoms. The highest BCUT2D eigenvalue weighted by Gasteiger charge is 2.64. The summed E-state index contributed by atoms with van der Waals surface area (Å²) < 4.78 is 11.5. The van der Waals surface area contributed by atoms with Crippen LogP contribution in [0.15, 0.2) is 16.5 Å². The average Bonchev–Trinajstić information content (AvgIpc) is 3.03. The predicted molar refractivity (Wildman–Crippen MR) is 93.8 cm³/mol. The normalized spacial score (nSPS) is 36.2. The molecule has 4 aliphatic rings. The largest absolute Gasteiger partial charge is 0.440 e. The van der Waals surface area contributed by atoms with Crippen LogP contribution in [0.5, 0.6) is 0 Å². The van der Waals surface area contributed by atoms with Gasteiger partial charge >= 0.3 is 0 Å². The smallest absolute Gasteiger partial charge is 0.287 e. The summed E-state index contributed by atoms with van der Waals surface area (Å²) in [5.74, 6) is 0.779. The van der Waals surface area contributed by atoms with Gasteiger partial charge in [-0.25, -0.2) is 0 Å². The fraction of sp³-hybridized carbons (Fsp3) is 0.684. The standard InChI is InChI=1S/C19H23ClN2O4/c1-18(6-7-18)17(24)22-9-12-11(13-4-5-19(12,10-22)26-13)8-21-16(23)14-2-3-15(20)25-14/h2-3,11-13H,4-10H2,1H3,(H,21,23)/t11-,12+,13+,19+/m0/s1. The van der Waals surface area contributed by atoms with E-state index >= 15 is 0 Å². The zero-order valence-corrected chi connectivity index (χ0v) is 15.6. The van der Waals surface area contributed by atoms with Gasteiger partial charge in [0.1, 0.15) is 0 Å². The fourth-order valence-electron chi connectivity index (χ4n) is 5.14. The van der Waals surface area contributed by atoms with Gasteiger partial charge in [-0.1, -0.05) is 6.92 Å². The van der Waals surface area contributed by atoms with Gasteiger partial charge < -0.3 is 19.4 Å². The quantitative estimate of drug-likeness (QED) is 0.873. The molecular formula is C19H23ClN2O4. The maximum Gasteiger partial charge on any atom is 0.287 e. The number of rotatable bonds is 4. The van der Waals surface area contributed by atoms with Crippen LogP contribution in [0.4, 0.5) is 0 Å². The Morgan fingerprint density at radius 1 is 1.35 bits per heavy atom. The summed E-state index contributed by atoms with van der Waals surface area (Å²) in [6, 6.07) is 3.13. The molecule has 140 valence electrons. The second-order valence-corrected chi connectivity index (χ2v) is 8.96. The van der Waals surface area contributed by atoms with E-state index in [-0.39, 0.29) is 45.8 Å². The minimum Gasteiger partial charge on any atom is -0.440 e. The van der Waals surface area contributed by atoms with Crippen molar-refractivity contribution >= 4 is 23.4 Å². The second kappa shape index (κ2) is 5.49. The Morgan fingerprint density at radius 2 is 2.15 bits per heavy atom. The third-order valence-electron chi connectivity index (χ3n) is 6.88. The van der Waals surface area contributed by atoms with Gasteiger partial charge in [-0.2, -0.15) is 0 Å². The summed E-state index contributed by atoms with van der Waals surface area (Å²) in [5, 5.41) is 3.16. The first-order valence-electron chi connectivity index (χ1n) is 9.41. The van der Waals surface area contributed by atoms with Gasteiger partial charge in [-0.15, -0.1) is 0 Å². The maximum absolute atomic E-state index is 12.8. The van der Waals surface area contributed by atoms with Gasteiger partial charge in [0.25, 0.3) is 5.91 Å². The SMILES string of the molecule is CC1(C(=O)N2C[C@@H]3[C@H](CNC(=O)c4ccc(Cl)o4)[C@H]4CC[C@]3(C2)O4)CC1. The molecular weight excluding hydrogens is 356 g/mol. The third-order valence-corrected chi connectivity index (χ3v) is 7.09. The molecule has 0 unspecified atom stereocenters. The minimum absolute atomic E-state index is 0.143. The number of ether oxygens (including phenoxy) is 1. The topological polar surface area (TPSA) is 71.8 Å². The molecule has 1 N–H and O–H groups in total. The van der Waals surface area contributed by atoms with Crippen molar-refractivity contribution in [3.05, 3.63) is 23.1 Å². The molecule has 5 rings (SSSR count). The van der Waals surface area contributed by atoms with E-state index in [1.165, 1.54) is 0 Å². The number of nitrogens with one attached hydrogen (secondary N) is 1. The van der Waals surface area contributed by atoms with Gasteiger partial charge in [0, 0.05) is 30.3 Å². The summed E-state index contributed by atoms with van der Waals surface area (Å²) in [5.41, 5.74) is -0.343.